The van der Waals surface area contributed by atoms with Crippen molar-refractivity contribution in [3.8, 4) is 5.82 Å². The number of nitrogens with zero attached hydrogens (tertiary/aromatic N) is 4. The highest BCUT2D eigenvalue weighted by atomic mass is 35.5. The molecule has 0 unspecified atom stereocenters. The molecule has 1 aromatic carbocycles. The molecule has 0 saturated carbocycles. The summed E-state index contributed by atoms with van der Waals surface area (Å²) in [6.07, 6.45) is 5.37. The SMILES string of the molecule is CCNC(=NCc1ccnc(-n2cccn2)c1)NCc1ccccc1Cl. The second-order valence-corrected chi connectivity index (χ2v) is 6.02. The molecule has 0 saturated heterocycles. The number of rotatable bonds is 6. The van der Waals surface area contributed by atoms with Gasteiger partial charge in [-0.1, -0.05) is 29.8 Å². The van der Waals surface area contributed by atoms with Gasteiger partial charge in [-0.05, 0) is 42.3 Å². The standard InChI is InChI=1S/C19H21ClN6/c1-2-21-19(24-14-16-6-3-4-7-17(16)20)23-13-15-8-10-22-18(12-15)26-11-5-9-25-26/h3-12H,2,13-14H2,1H3,(H2,21,23,24). The van der Waals surface area contributed by atoms with Crippen molar-refractivity contribution >= 4 is 17.6 Å². The molecule has 26 heavy (non-hydrogen) atoms. The molecule has 0 aliphatic heterocycles. The maximum Gasteiger partial charge on any atom is 0.191 e. The van der Waals surface area contributed by atoms with Crippen LogP contribution in [0.5, 0.6) is 0 Å². The van der Waals surface area contributed by atoms with Gasteiger partial charge in [0.05, 0.1) is 6.54 Å². The van der Waals surface area contributed by atoms with Gasteiger partial charge in [0.1, 0.15) is 0 Å². The molecule has 2 heterocycles. The molecule has 0 bridgehead atoms. The van der Waals surface area contributed by atoms with Crippen molar-refractivity contribution < 1.29 is 0 Å². The van der Waals surface area contributed by atoms with Crippen LogP contribution in [0.3, 0.4) is 0 Å². The maximum atomic E-state index is 6.21. The average Bonchev–Trinajstić information content (AvgIpc) is 3.20. The molecule has 2 N–H and O–H groups in total. The van der Waals surface area contributed by atoms with Crippen molar-refractivity contribution in [3.05, 3.63) is 77.2 Å². The quantitative estimate of drug-likeness (QED) is 0.518. The number of aromatic nitrogens is 3. The second-order valence-electron chi connectivity index (χ2n) is 5.61. The van der Waals surface area contributed by atoms with Crippen molar-refractivity contribution in [2.75, 3.05) is 6.54 Å². The number of halogens is 1. The number of pyridine rings is 1. The molecule has 0 atom stereocenters. The van der Waals surface area contributed by atoms with Gasteiger partial charge in [0.25, 0.3) is 0 Å². The zero-order valence-electron chi connectivity index (χ0n) is 14.6. The zero-order valence-corrected chi connectivity index (χ0v) is 15.3. The number of aliphatic imine (C=N–C) groups is 1. The van der Waals surface area contributed by atoms with E-state index in [1.807, 2.05) is 55.6 Å². The number of benzene rings is 1. The van der Waals surface area contributed by atoms with Crippen LogP contribution in [-0.2, 0) is 13.1 Å². The van der Waals surface area contributed by atoms with Crippen LogP contribution in [0.4, 0.5) is 0 Å². The molecule has 3 aromatic rings. The first-order valence-electron chi connectivity index (χ1n) is 8.47. The van der Waals surface area contributed by atoms with E-state index in [1.54, 1.807) is 17.1 Å². The van der Waals surface area contributed by atoms with Crippen molar-refractivity contribution in [1.29, 1.82) is 0 Å². The third-order valence-corrected chi connectivity index (χ3v) is 4.09. The molecule has 3 rings (SSSR count). The molecule has 0 radical (unpaired) electrons. The lowest BCUT2D eigenvalue weighted by Gasteiger charge is -2.12. The smallest absolute Gasteiger partial charge is 0.191 e. The van der Waals surface area contributed by atoms with Gasteiger partial charge in [0.15, 0.2) is 11.8 Å². The van der Waals surface area contributed by atoms with Gasteiger partial charge in [-0.2, -0.15) is 5.10 Å². The van der Waals surface area contributed by atoms with E-state index in [-0.39, 0.29) is 0 Å². The molecule has 0 fully saturated rings. The minimum atomic E-state index is 0.536. The fourth-order valence-electron chi connectivity index (χ4n) is 2.42. The van der Waals surface area contributed by atoms with Crippen molar-refractivity contribution in [3.63, 3.8) is 0 Å². The number of hydrogen-bond acceptors (Lipinski definition) is 3. The fraction of sp³-hybridized carbons (Fsp3) is 0.211. The highest BCUT2D eigenvalue weighted by Gasteiger charge is 2.03. The molecule has 7 heteroatoms. The monoisotopic (exact) mass is 368 g/mol. The highest BCUT2D eigenvalue weighted by Crippen LogP contribution is 2.14. The van der Waals surface area contributed by atoms with Crippen LogP contribution >= 0.6 is 11.6 Å². The van der Waals surface area contributed by atoms with E-state index in [4.69, 9.17) is 11.6 Å². The van der Waals surface area contributed by atoms with E-state index in [9.17, 15) is 0 Å². The molecule has 0 spiro atoms. The van der Waals surface area contributed by atoms with E-state index in [0.29, 0.717) is 13.1 Å². The van der Waals surface area contributed by atoms with Gasteiger partial charge in [0, 0.05) is 36.7 Å². The number of guanidine groups is 1. The van der Waals surface area contributed by atoms with Crippen molar-refractivity contribution in [2.45, 2.75) is 20.0 Å². The van der Waals surface area contributed by atoms with Gasteiger partial charge in [-0.25, -0.2) is 14.7 Å². The Balaban J connectivity index is 1.67. The normalized spacial score (nSPS) is 11.4. The summed E-state index contributed by atoms with van der Waals surface area (Å²) in [6, 6.07) is 13.6. The van der Waals surface area contributed by atoms with Crippen molar-refractivity contribution in [2.24, 2.45) is 4.99 Å². The second kappa shape index (κ2) is 9.01. The summed E-state index contributed by atoms with van der Waals surface area (Å²) in [5.41, 5.74) is 2.09. The minimum absolute atomic E-state index is 0.536. The summed E-state index contributed by atoms with van der Waals surface area (Å²) in [4.78, 5) is 8.98. The van der Waals surface area contributed by atoms with Gasteiger partial charge in [0.2, 0.25) is 0 Å². The Labute approximate surface area is 157 Å². The topological polar surface area (TPSA) is 67.1 Å². The Morgan fingerprint density at radius 1 is 1.15 bits per heavy atom. The van der Waals surface area contributed by atoms with Gasteiger partial charge in [-0.15, -0.1) is 0 Å². The first kappa shape index (κ1) is 17.9. The Kier molecular flexibility index (Phi) is 6.22. The molecule has 2 aromatic heterocycles. The number of nitrogens with one attached hydrogen (secondary N) is 2. The van der Waals surface area contributed by atoms with Crippen LogP contribution in [0.2, 0.25) is 5.02 Å². The van der Waals surface area contributed by atoms with E-state index in [0.717, 1.165) is 34.5 Å². The van der Waals surface area contributed by atoms with Crippen LogP contribution in [-0.4, -0.2) is 27.3 Å². The van der Waals surface area contributed by atoms with Crippen LogP contribution in [0.15, 0.2) is 66.0 Å². The summed E-state index contributed by atoms with van der Waals surface area (Å²) in [5.74, 6) is 1.52. The zero-order chi connectivity index (χ0) is 18.2. The van der Waals surface area contributed by atoms with Crippen molar-refractivity contribution in [1.82, 2.24) is 25.4 Å². The van der Waals surface area contributed by atoms with E-state index in [1.165, 1.54) is 0 Å². The van der Waals surface area contributed by atoms with Gasteiger partial charge in [-0.3, -0.25) is 0 Å². The molecule has 6 nitrogen and oxygen atoms in total. The molecule has 0 aliphatic rings. The Morgan fingerprint density at radius 2 is 2.04 bits per heavy atom. The molecular formula is C19H21ClN6. The van der Waals surface area contributed by atoms with E-state index < -0.39 is 0 Å². The first-order chi connectivity index (χ1) is 12.8. The van der Waals surface area contributed by atoms with Crippen LogP contribution < -0.4 is 10.6 Å². The predicted octanol–water partition coefficient (Wildman–Crippen LogP) is 3.18. The lowest BCUT2D eigenvalue weighted by Crippen LogP contribution is -2.36. The van der Waals surface area contributed by atoms with Gasteiger partial charge < -0.3 is 10.6 Å². The largest absolute Gasteiger partial charge is 0.357 e. The Bertz CT molecular complexity index is 860. The summed E-state index contributed by atoms with van der Waals surface area (Å²) in [7, 11) is 0. The first-order valence-corrected chi connectivity index (χ1v) is 8.84. The summed E-state index contributed by atoms with van der Waals surface area (Å²) in [6.45, 7) is 3.97. The van der Waals surface area contributed by atoms with Crippen LogP contribution in [0, 0.1) is 0 Å². The minimum Gasteiger partial charge on any atom is -0.357 e. The van der Waals surface area contributed by atoms with E-state index >= 15 is 0 Å². The van der Waals surface area contributed by atoms with Gasteiger partial charge >= 0.3 is 0 Å². The summed E-state index contributed by atoms with van der Waals surface area (Å²) < 4.78 is 1.73. The highest BCUT2D eigenvalue weighted by molar-refractivity contribution is 6.31. The molecule has 0 amide bonds. The molecular weight excluding hydrogens is 348 g/mol. The molecule has 134 valence electrons. The predicted molar refractivity (Wildman–Crippen MR) is 104 cm³/mol. The third kappa shape index (κ3) is 4.83. The lowest BCUT2D eigenvalue weighted by molar-refractivity contribution is 0.813. The molecule has 0 aliphatic carbocycles. The average molecular weight is 369 g/mol. The van der Waals surface area contributed by atoms with E-state index in [2.05, 4.69) is 25.7 Å². The summed E-state index contributed by atoms with van der Waals surface area (Å²) >= 11 is 6.21. The summed E-state index contributed by atoms with van der Waals surface area (Å²) in [5, 5.41) is 11.5. The maximum absolute atomic E-state index is 6.21. The number of hydrogen-bond donors (Lipinski definition) is 2. The van der Waals surface area contributed by atoms with Crippen LogP contribution in [0.25, 0.3) is 5.82 Å². The lowest BCUT2D eigenvalue weighted by atomic mass is 10.2. The fourth-order valence-corrected chi connectivity index (χ4v) is 2.62. The Morgan fingerprint density at radius 3 is 2.81 bits per heavy atom. The Hall–Kier alpha value is -2.86. The van der Waals surface area contributed by atoms with Crippen LogP contribution in [0.1, 0.15) is 18.1 Å². The third-order valence-electron chi connectivity index (χ3n) is 3.72.